The average molecular weight is 377 g/mol. The van der Waals surface area contributed by atoms with Crippen molar-refractivity contribution in [3.63, 3.8) is 0 Å². The third kappa shape index (κ3) is 4.25. The van der Waals surface area contributed by atoms with Crippen molar-refractivity contribution in [2.24, 2.45) is 5.92 Å². The van der Waals surface area contributed by atoms with E-state index in [1.165, 1.54) is 27.9 Å². The minimum atomic E-state index is -0.171. The molecule has 0 aliphatic rings. The van der Waals surface area contributed by atoms with Gasteiger partial charge in [-0.1, -0.05) is 38.1 Å². The molecule has 0 spiro atoms. The fourth-order valence-electron chi connectivity index (χ4n) is 3.32. The Morgan fingerprint density at radius 2 is 1.71 bits per heavy atom. The number of fused-ring (bicyclic) bond motifs is 3. The fourth-order valence-corrected chi connectivity index (χ4v) is 3.32. The van der Waals surface area contributed by atoms with Crippen molar-refractivity contribution in [2.45, 2.75) is 27.3 Å². The van der Waals surface area contributed by atoms with Gasteiger partial charge in [-0.3, -0.25) is 9.59 Å². The number of nitrogens with zero attached hydrogens (tertiary/aromatic N) is 1. The van der Waals surface area contributed by atoms with Gasteiger partial charge in [-0.25, -0.2) is 0 Å². The number of aryl methyl sites for hydroxylation is 1. The Balaban J connectivity index is 1.68. The number of benzene rings is 2. The third-order valence-corrected chi connectivity index (χ3v) is 4.79. The molecule has 2 amide bonds. The van der Waals surface area contributed by atoms with Gasteiger partial charge in [0.05, 0.1) is 0 Å². The monoisotopic (exact) mass is 377 g/mol. The minimum Gasteiger partial charge on any atom is -0.354 e. The molecule has 0 atom stereocenters. The van der Waals surface area contributed by atoms with E-state index in [9.17, 15) is 9.59 Å². The van der Waals surface area contributed by atoms with E-state index in [-0.39, 0.29) is 17.7 Å². The van der Waals surface area contributed by atoms with Crippen molar-refractivity contribution < 1.29 is 9.59 Å². The van der Waals surface area contributed by atoms with E-state index < -0.39 is 0 Å². The lowest BCUT2D eigenvalue weighted by molar-refractivity contribution is -0.124. The lowest BCUT2D eigenvalue weighted by atomic mass is 10.1. The molecular formula is C23H27N3O2. The minimum absolute atomic E-state index is 0.00987. The van der Waals surface area contributed by atoms with Crippen molar-refractivity contribution in [2.75, 3.05) is 13.1 Å². The summed E-state index contributed by atoms with van der Waals surface area (Å²) in [7, 11) is 0. The molecule has 1 heterocycles. The number of carbonyl (C=O) groups excluding carboxylic acids is 2. The van der Waals surface area contributed by atoms with E-state index in [0.29, 0.717) is 13.1 Å². The molecule has 0 aliphatic heterocycles. The van der Waals surface area contributed by atoms with Crippen LogP contribution in [0.15, 0.2) is 48.5 Å². The predicted octanol–water partition coefficient (Wildman–Crippen LogP) is 3.72. The number of amides is 2. The summed E-state index contributed by atoms with van der Waals surface area (Å²) in [5.74, 6) is -0.233. The van der Waals surface area contributed by atoms with Crippen LogP contribution in [0, 0.1) is 5.92 Å². The van der Waals surface area contributed by atoms with Crippen molar-refractivity contribution in [3.05, 3.63) is 54.1 Å². The summed E-state index contributed by atoms with van der Waals surface area (Å²) in [6, 6.07) is 14.6. The molecule has 1 aromatic heterocycles. The van der Waals surface area contributed by atoms with Crippen LogP contribution in [-0.4, -0.2) is 29.5 Å². The second-order valence-corrected chi connectivity index (χ2v) is 7.11. The Morgan fingerprint density at radius 1 is 1.00 bits per heavy atom. The average Bonchev–Trinajstić information content (AvgIpc) is 3.02. The van der Waals surface area contributed by atoms with E-state index in [0.717, 1.165) is 12.1 Å². The Hall–Kier alpha value is -3.08. The highest BCUT2D eigenvalue weighted by atomic mass is 16.2. The van der Waals surface area contributed by atoms with Gasteiger partial charge in [-0.2, -0.15) is 0 Å². The van der Waals surface area contributed by atoms with Gasteiger partial charge >= 0.3 is 0 Å². The topological polar surface area (TPSA) is 63.1 Å². The van der Waals surface area contributed by atoms with Crippen LogP contribution in [-0.2, 0) is 16.1 Å². The summed E-state index contributed by atoms with van der Waals surface area (Å²) in [5, 5.41) is 7.97. The summed E-state index contributed by atoms with van der Waals surface area (Å²) in [6.07, 6.45) is 3.35. The van der Waals surface area contributed by atoms with E-state index in [1.54, 1.807) is 0 Å². The first-order valence-corrected chi connectivity index (χ1v) is 9.76. The smallest absolute Gasteiger partial charge is 0.244 e. The van der Waals surface area contributed by atoms with Gasteiger partial charge in [0, 0.05) is 53.4 Å². The molecule has 3 rings (SSSR count). The van der Waals surface area contributed by atoms with Crippen LogP contribution in [0.2, 0.25) is 0 Å². The van der Waals surface area contributed by atoms with Crippen molar-refractivity contribution in [1.82, 2.24) is 15.2 Å². The molecule has 0 bridgehead atoms. The highest BCUT2D eigenvalue weighted by molar-refractivity contribution is 6.08. The Bertz CT molecular complexity index is 1030. The zero-order valence-corrected chi connectivity index (χ0v) is 16.7. The first kappa shape index (κ1) is 19.7. The molecule has 5 heteroatoms. The summed E-state index contributed by atoms with van der Waals surface area (Å²) in [6.45, 7) is 7.57. The molecule has 5 nitrogen and oxygen atoms in total. The maximum Gasteiger partial charge on any atom is 0.244 e. The SMILES string of the molecule is CCn1c2ccccc2c2cc(/C=C/C(=O)NCCNC(=O)C(C)C)ccc21. The highest BCUT2D eigenvalue weighted by Gasteiger charge is 2.09. The van der Waals surface area contributed by atoms with Crippen LogP contribution in [0.1, 0.15) is 26.3 Å². The predicted molar refractivity (Wildman–Crippen MR) is 115 cm³/mol. The molecular weight excluding hydrogens is 350 g/mol. The molecule has 2 aromatic carbocycles. The van der Waals surface area contributed by atoms with Gasteiger partial charge in [0.15, 0.2) is 0 Å². The van der Waals surface area contributed by atoms with Crippen LogP contribution >= 0.6 is 0 Å². The number of hydrogen-bond donors (Lipinski definition) is 2. The summed E-state index contributed by atoms with van der Waals surface area (Å²) >= 11 is 0. The first-order chi connectivity index (χ1) is 13.5. The molecule has 146 valence electrons. The number of nitrogens with one attached hydrogen (secondary N) is 2. The standard InChI is InChI=1S/C23H27N3O2/c1-4-26-20-8-6-5-7-18(20)19-15-17(9-11-21(19)26)10-12-22(27)24-13-14-25-23(28)16(2)3/h5-12,15-16H,4,13-14H2,1-3H3,(H,24,27)(H,25,28)/b12-10+. The number of aromatic nitrogens is 1. The van der Waals surface area contributed by atoms with Gasteiger partial charge in [-0.05, 0) is 36.8 Å². The molecule has 0 radical (unpaired) electrons. The van der Waals surface area contributed by atoms with Crippen molar-refractivity contribution in [1.29, 1.82) is 0 Å². The second kappa shape index (κ2) is 8.74. The van der Waals surface area contributed by atoms with Crippen LogP contribution in [0.3, 0.4) is 0 Å². The van der Waals surface area contributed by atoms with Gasteiger partial charge < -0.3 is 15.2 Å². The van der Waals surface area contributed by atoms with E-state index >= 15 is 0 Å². The maximum absolute atomic E-state index is 12.0. The third-order valence-electron chi connectivity index (χ3n) is 4.79. The quantitative estimate of drug-likeness (QED) is 0.487. The Labute approximate surface area is 165 Å². The number of para-hydroxylation sites is 1. The fraction of sp³-hybridized carbons (Fsp3) is 0.304. The van der Waals surface area contributed by atoms with E-state index in [2.05, 4.69) is 58.5 Å². The van der Waals surface area contributed by atoms with Gasteiger partial charge in [0.25, 0.3) is 0 Å². The van der Waals surface area contributed by atoms with Gasteiger partial charge in [0.1, 0.15) is 0 Å². The molecule has 0 unspecified atom stereocenters. The lowest BCUT2D eigenvalue weighted by Crippen LogP contribution is -2.35. The maximum atomic E-state index is 12.0. The lowest BCUT2D eigenvalue weighted by Gasteiger charge is -2.07. The second-order valence-electron chi connectivity index (χ2n) is 7.11. The zero-order chi connectivity index (χ0) is 20.1. The number of rotatable bonds is 7. The summed E-state index contributed by atoms with van der Waals surface area (Å²) in [5.41, 5.74) is 3.41. The van der Waals surface area contributed by atoms with Crippen molar-refractivity contribution in [3.8, 4) is 0 Å². The Kier molecular flexibility index (Phi) is 6.14. The largest absolute Gasteiger partial charge is 0.354 e. The van der Waals surface area contributed by atoms with E-state index in [4.69, 9.17) is 0 Å². The van der Waals surface area contributed by atoms with Crippen LogP contribution in [0.5, 0.6) is 0 Å². The van der Waals surface area contributed by atoms with E-state index in [1.807, 2.05) is 26.0 Å². The normalized spacial score (nSPS) is 11.6. The molecule has 3 aromatic rings. The molecule has 0 saturated carbocycles. The van der Waals surface area contributed by atoms with Crippen LogP contribution < -0.4 is 10.6 Å². The van der Waals surface area contributed by atoms with Gasteiger partial charge in [0.2, 0.25) is 11.8 Å². The van der Waals surface area contributed by atoms with Gasteiger partial charge in [-0.15, -0.1) is 0 Å². The number of hydrogen-bond acceptors (Lipinski definition) is 2. The molecule has 0 aliphatic carbocycles. The van der Waals surface area contributed by atoms with Crippen LogP contribution in [0.4, 0.5) is 0 Å². The molecule has 0 fully saturated rings. The number of carbonyl (C=O) groups is 2. The highest BCUT2D eigenvalue weighted by Crippen LogP contribution is 2.29. The molecule has 28 heavy (non-hydrogen) atoms. The molecule has 0 saturated heterocycles. The first-order valence-electron chi connectivity index (χ1n) is 9.76. The Morgan fingerprint density at radius 3 is 2.46 bits per heavy atom. The van der Waals surface area contributed by atoms with Crippen LogP contribution in [0.25, 0.3) is 27.9 Å². The summed E-state index contributed by atoms with van der Waals surface area (Å²) in [4.78, 5) is 23.5. The summed E-state index contributed by atoms with van der Waals surface area (Å²) < 4.78 is 2.30. The molecule has 2 N–H and O–H groups in total. The zero-order valence-electron chi connectivity index (χ0n) is 16.7. The van der Waals surface area contributed by atoms with Crippen molar-refractivity contribution >= 4 is 39.7 Å².